The van der Waals surface area contributed by atoms with E-state index in [1.54, 1.807) is 0 Å². The second kappa shape index (κ2) is 16.1. The highest BCUT2D eigenvalue weighted by molar-refractivity contribution is 5.13. The highest BCUT2D eigenvalue weighted by Gasteiger charge is 1.93. The van der Waals surface area contributed by atoms with E-state index < -0.39 is 0 Å². The molecule has 0 spiro atoms. The van der Waals surface area contributed by atoms with Crippen LogP contribution in [0.15, 0.2) is 30.3 Å². The first-order valence-electron chi connectivity index (χ1n) is 7.06. The third-order valence-electron chi connectivity index (χ3n) is 1.98. The molecule has 0 fully saturated rings. The molecule has 0 aliphatic carbocycles. The summed E-state index contributed by atoms with van der Waals surface area (Å²) >= 11 is 0. The van der Waals surface area contributed by atoms with Crippen LogP contribution < -0.4 is 5.73 Å². The number of hydrogen-bond acceptors (Lipinski definition) is 2. The number of benzene rings is 1. The summed E-state index contributed by atoms with van der Waals surface area (Å²) in [7, 11) is 0. The molecule has 0 aliphatic heterocycles. The van der Waals surface area contributed by atoms with Crippen molar-refractivity contribution >= 4 is 0 Å². The molecule has 0 radical (unpaired) electrons. The summed E-state index contributed by atoms with van der Waals surface area (Å²) in [5.74, 6) is 0. The van der Waals surface area contributed by atoms with Gasteiger partial charge in [-0.2, -0.15) is 0 Å². The second-order valence-electron chi connectivity index (χ2n) is 3.99. The van der Waals surface area contributed by atoms with E-state index in [1.807, 2.05) is 45.9 Å². The minimum Gasteiger partial charge on any atom is -0.374 e. The van der Waals surface area contributed by atoms with Crippen molar-refractivity contribution in [3.8, 4) is 0 Å². The molecule has 0 saturated carbocycles. The highest BCUT2D eigenvalue weighted by Crippen LogP contribution is 2.02. The maximum absolute atomic E-state index is 5.43. The zero-order chi connectivity index (χ0) is 14.2. The summed E-state index contributed by atoms with van der Waals surface area (Å²) in [5, 5.41) is 0. The molecule has 0 bridgehead atoms. The summed E-state index contributed by atoms with van der Waals surface area (Å²) < 4.78 is 5.43. The lowest BCUT2D eigenvalue weighted by molar-refractivity contribution is 0.0657. The molecule has 0 atom stereocenters. The molecule has 0 saturated heterocycles. The third kappa shape index (κ3) is 15.1. The molecule has 106 valence electrons. The number of unbranched alkanes of at least 4 members (excludes halogenated alkanes) is 1. The Bertz CT molecular complexity index is 232. The number of rotatable bonds is 5. The van der Waals surface area contributed by atoms with Crippen molar-refractivity contribution in [3.63, 3.8) is 0 Å². The predicted octanol–water partition coefficient (Wildman–Crippen LogP) is 4.38. The van der Waals surface area contributed by atoms with E-state index in [2.05, 4.69) is 19.1 Å². The summed E-state index contributed by atoms with van der Waals surface area (Å²) in [6.07, 6.45) is 2.70. The van der Waals surface area contributed by atoms with E-state index in [1.165, 1.54) is 18.4 Å². The minimum atomic E-state index is 0.315. The molecule has 2 N–H and O–H groups in total. The normalized spacial score (nSPS) is 9.06. The van der Waals surface area contributed by atoms with E-state index in [4.69, 9.17) is 10.5 Å². The quantitative estimate of drug-likeness (QED) is 0.845. The Balaban J connectivity index is 0. The maximum atomic E-state index is 5.43. The van der Waals surface area contributed by atoms with Crippen molar-refractivity contribution in [1.29, 1.82) is 0 Å². The average Bonchev–Trinajstić information content (AvgIpc) is 2.41. The lowest BCUT2D eigenvalue weighted by Gasteiger charge is -2.06. The summed E-state index contributed by atoms with van der Waals surface area (Å²) in [5.41, 5.74) is 6.38. The monoisotopic (exact) mass is 253 g/mol. The largest absolute Gasteiger partial charge is 0.374 e. The van der Waals surface area contributed by atoms with Crippen molar-refractivity contribution < 1.29 is 4.74 Å². The molecule has 0 heterocycles. The first kappa shape index (κ1) is 19.5. The van der Waals surface area contributed by atoms with E-state index in [0.29, 0.717) is 6.10 Å². The van der Waals surface area contributed by atoms with Crippen LogP contribution in [0.3, 0.4) is 0 Å². The molecule has 1 aromatic rings. The first-order chi connectivity index (χ1) is 8.70. The van der Waals surface area contributed by atoms with Crippen LogP contribution in [-0.4, -0.2) is 12.6 Å². The molecule has 1 aromatic carbocycles. The van der Waals surface area contributed by atoms with Gasteiger partial charge >= 0.3 is 0 Å². The molecule has 0 unspecified atom stereocenters. The zero-order valence-corrected chi connectivity index (χ0v) is 12.8. The Labute approximate surface area is 114 Å². The van der Waals surface area contributed by atoms with E-state index in [9.17, 15) is 0 Å². The van der Waals surface area contributed by atoms with Crippen LogP contribution in [0.4, 0.5) is 0 Å². The molecule has 2 heteroatoms. The molecule has 1 rings (SSSR count). The van der Waals surface area contributed by atoms with Gasteiger partial charge in [-0.1, -0.05) is 57.5 Å². The van der Waals surface area contributed by atoms with Crippen LogP contribution in [-0.2, 0) is 11.3 Å². The molecule has 18 heavy (non-hydrogen) atoms. The van der Waals surface area contributed by atoms with Gasteiger partial charge in [0.2, 0.25) is 0 Å². The van der Waals surface area contributed by atoms with Crippen LogP contribution in [0.2, 0.25) is 0 Å². The Morgan fingerprint density at radius 2 is 1.67 bits per heavy atom. The van der Waals surface area contributed by atoms with Gasteiger partial charge in [0.15, 0.2) is 0 Å². The number of hydrogen-bond donors (Lipinski definition) is 1. The van der Waals surface area contributed by atoms with Gasteiger partial charge in [0.1, 0.15) is 0 Å². The Morgan fingerprint density at radius 1 is 1.11 bits per heavy atom. The van der Waals surface area contributed by atoms with Gasteiger partial charge in [-0.3, -0.25) is 0 Å². The van der Waals surface area contributed by atoms with Crippen LogP contribution in [0, 0.1) is 0 Å². The van der Waals surface area contributed by atoms with Crippen LogP contribution >= 0.6 is 0 Å². The lowest BCUT2D eigenvalue weighted by atomic mass is 10.2. The number of ether oxygens (including phenoxy) is 1. The van der Waals surface area contributed by atoms with Crippen molar-refractivity contribution in [2.24, 2.45) is 5.73 Å². The molecule has 0 aliphatic rings. The van der Waals surface area contributed by atoms with Crippen LogP contribution in [0.5, 0.6) is 0 Å². The Kier molecular flexibility index (Phi) is 17.5. The topological polar surface area (TPSA) is 35.2 Å². The van der Waals surface area contributed by atoms with E-state index >= 15 is 0 Å². The Hall–Kier alpha value is -0.860. The maximum Gasteiger partial charge on any atom is 0.0720 e. The van der Waals surface area contributed by atoms with Crippen molar-refractivity contribution in [2.75, 3.05) is 6.54 Å². The van der Waals surface area contributed by atoms with Gasteiger partial charge in [-0.05, 0) is 32.4 Å². The fourth-order valence-electron chi connectivity index (χ4n) is 1.04. The van der Waals surface area contributed by atoms with Gasteiger partial charge in [0.05, 0.1) is 12.7 Å². The first-order valence-corrected chi connectivity index (χ1v) is 7.06. The Morgan fingerprint density at radius 3 is 2.00 bits per heavy atom. The molecule has 0 amide bonds. The standard InChI is InChI=1S/C10H14O.C4H11N.C2H6/c1-9(2)11-8-10-6-4-3-5-7-10;1-2-3-4-5;1-2/h3-7,9H,8H2,1-2H3;2-5H2,1H3;1-2H3. The SMILES string of the molecule is CC.CC(C)OCc1ccccc1.CCCCN. The van der Waals surface area contributed by atoms with E-state index in [0.717, 1.165) is 13.2 Å². The van der Waals surface area contributed by atoms with Gasteiger partial charge in [-0.25, -0.2) is 0 Å². The number of nitrogens with two attached hydrogens (primary N) is 1. The van der Waals surface area contributed by atoms with E-state index in [-0.39, 0.29) is 0 Å². The lowest BCUT2D eigenvalue weighted by Crippen LogP contribution is -2.01. The smallest absolute Gasteiger partial charge is 0.0720 e. The fraction of sp³-hybridized carbons (Fsp3) is 0.625. The van der Waals surface area contributed by atoms with Crippen LogP contribution in [0.1, 0.15) is 53.0 Å². The van der Waals surface area contributed by atoms with Crippen LogP contribution in [0.25, 0.3) is 0 Å². The fourth-order valence-corrected chi connectivity index (χ4v) is 1.04. The van der Waals surface area contributed by atoms with Crippen molar-refractivity contribution in [2.45, 2.75) is 60.2 Å². The zero-order valence-electron chi connectivity index (χ0n) is 12.8. The summed E-state index contributed by atoms with van der Waals surface area (Å²) in [6.45, 7) is 11.8. The third-order valence-corrected chi connectivity index (χ3v) is 1.98. The van der Waals surface area contributed by atoms with Gasteiger partial charge in [0.25, 0.3) is 0 Å². The second-order valence-corrected chi connectivity index (χ2v) is 3.99. The molecular formula is C16H31NO. The summed E-state index contributed by atoms with van der Waals surface area (Å²) in [6, 6.07) is 10.2. The molecular weight excluding hydrogens is 222 g/mol. The minimum absolute atomic E-state index is 0.315. The van der Waals surface area contributed by atoms with Gasteiger partial charge in [-0.15, -0.1) is 0 Å². The molecule has 0 aromatic heterocycles. The predicted molar refractivity (Wildman–Crippen MR) is 81.7 cm³/mol. The highest BCUT2D eigenvalue weighted by atomic mass is 16.5. The van der Waals surface area contributed by atoms with Gasteiger partial charge in [0, 0.05) is 0 Å². The van der Waals surface area contributed by atoms with Crippen molar-refractivity contribution in [1.82, 2.24) is 0 Å². The summed E-state index contributed by atoms with van der Waals surface area (Å²) in [4.78, 5) is 0. The van der Waals surface area contributed by atoms with Crippen molar-refractivity contribution in [3.05, 3.63) is 35.9 Å². The average molecular weight is 253 g/mol. The molecule has 2 nitrogen and oxygen atoms in total. The van der Waals surface area contributed by atoms with Gasteiger partial charge < -0.3 is 10.5 Å².